The van der Waals surface area contributed by atoms with Crippen LogP contribution >= 0.6 is 0 Å². The van der Waals surface area contributed by atoms with Crippen molar-refractivity contribution in [1.82, 2.24) is 24.8 Å². The Balaban J connectivity index is 1.22. The van der Waals surface area contributed by atoms with E-state index in [-0.39, 0.29) is 0 Å². The van der Waals surface area contributed by atoms with E-state index in [4.69, 9.17) is 5.73 Å². The molecule has 9 heteroatoms. The van der Waals surface area contributed by atoms with Crippen LogP contribution in [0.1, 0.15) is 11.1 Å². The van der Waals surface area contributed by atoms with Crippen molar-refractivity contribution >= 4 is 23.4 Å². The number of nitrogens with zero attached hydrogens (tertiary/aromatic N) is 8. The molecule has 5 heterocycles. The highest BCUT2D eigenvalue weighted by atomic mass is 15.3. The fourth-order valence-electron chi connectivity index (χ4n) is 5.54. The summed E-state index contributed by atoms with van der Waals surface area (Å²) in [6.45, 7) is 9.91. The highest BCUT2D eigenvalue weighted by Gasteiger charge is 2.22. The number of nitrogens with two attached hydrogens (primary N) is 1. The smallest absolute Gasteiger partial charge is 0.223 e. The number of nitrogen functional groups attached to an aromatic ring is 1. The topological polar surface area (TPSA) is 80.9 Å². The molecular weight excluding hydrogens is 462 g/mol. The van der Waals surface area contributed by atoms with Crippen molar-refractivity contribution in [1.29, 1.82) is 0 Å². The average Bonchev–Trinajstić information content (AvgIpc) is 2.93. The van der Waals surface area contributed by atoms with Gasteiger partial charge in [-0.25, -0.2) is 4.98 Å². The Morgan fingerprint density at radius 2 is 1.24 bits per heavy atom. The highest BCUT2D eigenvalue weighted by Crippen LogP contribution is 2.31. The molecule has 9 nitrogen and oxygen atoms in total. The van der Waals surface area contributed by atoms with Crippen LogP contribution in [0.3, 0.4) is 0 Å². The van der Waals surface area contributed by atoms with E-state index in [1.807, 2.05) is 6.20 Å². The van der Waals surface area contributed by atoms with Gasteiger partial charge in [0.05, 0.1) is 0 Å². The van der Waals surface area contributed by atoms with E-state index in [0.29, 0.717) is 5.95 Å². The van der Waals surface area contributed by atoms with Gasteiger partial charge in [-0.15, -0.1) is 0 Å². The molecule has 0 bridgehead atoms. The fraction of sp³-hybridized carbons (Fsp3) is 0.464. The van der Waals surface area contributed by atoms with E-state index in [1.54, 1.807) is 0 Å². The third kappa shape index (κ3) is 5.19. The standard InChI is InChI=1S/C28H37N9/c1-33-9-13-35(14-10-33)25-18-23(5-7-30-25)22-4-3-21-6-8-37(20-24(21)17-22)27-19-26(31-28(29)32-27)36-15-11-34(2)12-16-36/h3-5,7,17-19H,6,8-16,20H2,1-2H3,(H2,29,31,32). The van der Waals surface area contributed by atoms with Crippen LogP contribution < -0.4 is 20.4 Å². The molecule has 0 radical (unpaired) electrons. The van der Waals surface area contributed by atoms with Crippen LogP contribution in [-0.2, 0) is 13.0 Å². The number of pyridine rings is 1. The zero-order valence-electron chi connectivity index (χ0n) is 22.0. The summed E-state index contributed by atoms with van der Waals surface area (Å²) in [5.74, 6) is 3.26. The summed E-state index contributed by atoms with van der Waals surface area (Å²) in [6.07, 6.45) is 2.94. The Kier molecular flexibility index (Phi) is 6.56. The Hall–Kier alpha value is -3.43. The van der Waals surface area contributed by atoms with Gasteiger partial charge in [0.15, 0.2) is 0 Å². The Morgan fingerprint density at radius 1 is 0.622 bits per heavy atom. The van der Waals surface area contributed by atoms with Crippen molar-refractivity contribution in [3.63, 3.8) is 0 Å². The molecule has 0 spiro atoms. The zero-order valence-corrected chi connectivity index (χ0v) is 22.0. The summed E-state index contributed by atoms with van der Waals surface area (Å²) in [5.41, 5.74) is 11.4. The summed E-state index contributed by atoms with van der Waals surface area (Å²) in [7, 11) is 4.34. The minimum absolute atomic E-state index is 0.346. The summed E-state index contributed by atoms with van der Waals surface area (Å²) in [4.78, 5) is 25.6. The predicted molar refractivity (Wildman–Crippen MR) is 150 cm³/mol. The highest BCUT2D eigenvalue weighted by molar-refractivity contribution is 5.68. The Morgan fingerprint density at radius 3 is 1.95 bits per heavy atom. The van der Waals surface area contributed by atoms with E-state index in [0.717, 1.165) is 89.3 Å². The van der Waals surface area contributed by atoms with Crippen LogP contribution in [-0.4, -0.2) is 97.7 Å². The number of benzene rings is 1. The molecule has 3 aliphatic heterocycles. The van der Waals surface area contributed by atoms with Crippen molar-refractivity contribution in [2.75, 3.05) is 93.4 Å². The van der Waals surface area contributed by atoms with Gasteiger partial charge in [-0.05, 0) is 61.0 Å². The van der Waals surface area contributed by atoms with Gasteiger partial charge in [0, 0.05) is 77.7 Å². The van der Waals surface area contributed by atoms with Gasteiger partial charge in [-0.1, -0.05) is 12.1 Å². The van der Waals surface area contributed by atoms with Crippen LogP contribution in [0.2, 0.25) is 0 Å². The lowest BCUT2D eigenvalue weighted by atomic mass is 9.95. The van der Waals surface area contributed by atoms with Gasteiger partial charge < -0.3 is 30.2 Å². The number of rotatable bonds is 4. The molecule has 2 N–H and O–H groups in total. The number of anilines is 4. The third-order valence-corrected chi connectivity index (χ3v) is 7.99. The molecule has 3 aromatic rings. The first-order valence-electron chi connectivity index (χ1n) is 13.4. The molecule has 37 heavy (non-hydrogen) atoms. The molecule has 3 aliphatic rings. The lowest BCUT2D eigenvalue weighted by Crippen LogP contribution is -2.45. The lowest BCUT2D eigenvalue weighted by Gasteiger charge is -2.34. The van der Waals surface area contributed by atoms with Gasteiger partial charge in [0.2, 0.25) is 5.95 Å². The molecule has 2 saturated heterocycles. The van der Waals surface area contributed by atoms with Gasteiger partial charge in [0.1, 0.15) is 17.5 Å². The monoisotopic (exact) mass is 499 g/mol. The lowest BCUT2D eigenvalue weighted by molar-refractivity contribution is 0.312. The maximum atomic E-state index is 6.18. The van der Waals surface area contributed by atoms with E-state index in [2.05, 4.69) is 89.9 Å². The summed E-state index contributed by atoms with van der Waals surface area (Å²) >= 11 is 0. The molecule has 0 saturated carbocycles. The van der Waals surface area contributed by atoms with Crippen molar-refractivity contribution in [2.24, 2.45) is 0 Å². The minimum Gasteiger partial charge on any atom is -0.368 e. The largest absolute Gasteiger partial charge is 0.368 e. The quantitative estimate of drug-likeness (QED) is 0.581. The first-order valence-corrected chi connectivity index (χ1v) is 13.4. The van der Waals surface area contributed by atoms with Gasteiger partial charge in [-0.3, -0.25) is 0 Å². The normalized spacial score (nSPS) is 19.2. The zero-order chi connectivity index (χ0) is 25.4. The summed E-state index contributed by atoms with van der Waals surface area (Å²) in [5, 5.41) is 0. The van der Waals surface area contributed by atoms with Crippen LogP contribution in [0.5, 0.6) is 0 Å². The average molecular weight is 500 g/mol. The third-order valence-electron chi connectivity index (χ3n) is 7.99. The molecular formula is C28H37N9. The molecule has 0 amide bonds. The molecule has 1 aromatic carbocycles. The van der Waals surface area contributed by atoms with E-state index in [9.17, 15) is 0 Å². The first kappa shape index (κ1) is 23.9. The number of aromatic nitrogens is 3. The number of hydrogen-bond donors (Lipinski definition) is 1. The fourth-order valence-corrected chi connectivity index (χ4v) is 5.54. The molecule has 6 rings (SSSR count). The van der Waals surface area contributed by atoms with E-state index in [1.165, 1.54) is 22.3 Å². The molecule has 0 unspecified atom stereocenters. The molecule has 0 atom stereocenters. The Labute approximate surface area is 219 Å². The SMILES string of the molecule is CN1CCN(c2cc(-c3ccc4c(c3)CN(c3cc(N5CCN(C)CC5)nc(N)n3)CC4)ccn2)CC1. The van der Waals surface area contributed by atoms with Crippen molar-refractivity contribution < 1.29 is 0 Å². The number of piperazine rings is 2. The van der Waals surface area contributed by atoms with Gasteiger partial charge in [-0.2, -0.15) is 9.97 Å². The molecule has 0 aliphatic carbocycles. The molecule has 194 valence electrons. The van der Waals surface area contributed by atoms with Crippen LogP contribution in [0, 0.1) is 0 Å². The summed E-state index contributed by atoms with van der Waals surface area (Å²) < 4.78 is 0. The maximum absolute atomic E-state index is 6.18. The predicted octanol–water partition coefficient (Wildman–Crippen LogP) is 2.19. The minimum atomic E-state index is 0.346. The summed E-state index contributed by atoms with van der Waals surface area (Å²) in [6, 6.07) is 13.4. The van der Waals surface area contributed by atoms with Gasteiger partial charge in [0.25, 0.3) is 0 Å². The second kappa shape index (κ2) is 10.1. The molecule has 2 aromatic heterocycles. The van der Waals surface area contributed by atoms with Crippen LogP contribution in [0.15, 0.2) is 42.6 Å². The molecule has 2 fully saturated rings. The number of likely N-dealkylation sites (N-methyl/N-ethyl adjacent to an activating group) is 2. The van der Waals surface area contributed by atoms with Crippen molar-refractivity contribution in [3.8, 4) is 11.1 Å². The van der Waals surface area contributed by atoms with E-state index < -0.39 is 0 Å². The Bertz CT molecular complexity index is 1250. The number of hydrogen-bond acceptors (Lipinski definition) is 9. The van der Waals surface area contributed by atoms with Crippen LogP contribution in [0.4, 0.5) is 23.4 Å². The van der Waals surface area contributed by atoms with E-state index >= 15 is 0 Å². The van der Waals surface area contributed by atoms with Gasteiger partial charge >= 0.3 is 0 Å². The maximum Gasteiger partial charge on any atom is 0.223 e. The first-order chi connectivity index (χ1) is 18.0. The van der Waals surface area contributed by atoms with Crippen molar-refractivity contribution in [3.05, 3.63) is 53.7 Å². The van der Waals surface area contributed by atoms with Crippen LogP contribution in [0.25, 0.3) is 11.1 Å². The number of fused-ring (bicyclic) bond motifs is 1. The second-order valence-corrected chi connectivity index (χ2v) is 10.6. The van der Waals surface area contributed by atoms with Crippen molar-refractivity contribution in [2.45, 2.75) is 13.0 Å². The second-order valence-electron chi connectivity index (χ2n) is 10.6.